The van der Waals surface area contributed by atoms with Gasteiger partial charge >= 0.3 is 0 Å². The third-order valence-electron chi connectivity index (χ3n) is 2.47. The highest BCUT2D eigenvalue weighted by Gasteiger charge is 2.05. The number of nitrogen functional groups attached to an aromatic ring is 1. The molecule has 0 unspecified atom stereocenters. The second-order valence-electron chi connectivity index (χ2n) is 3.87. The van der Waals surface area contributed by atoms with Crippen LogP contribution in [0.5, 0.6) is 0 Å². The topological polar surface area (TPSA) is 38.5 Å². The normalized spacial score (nSPS) is 10.8. The van der Waals surface area contributed by atoms with Gasteiger partial charge in [0.05, 0.1) is 6.61 Å². The predicted octanol–water partition coefficient (Wildman–Crippen LogP) is 2.67. The molecular weight excluding hydrogens is 280 g/mol. The van der Waals surface area contributed by atoms with E-state index in [-0.39, 0.29) is 0 Å². The Morgan fingerprint density at radius 2 is 2.29 bits per heavy atom. The van der Waals surface area contributed by atoms with Crippen molar-refractivity contribution in [3.05, 3.63) is 40.9 Å². The molecule has 2 N–H and O–H groups in total. The summed E-state index contributed by atoms with van der Waals surface area (Å²) in [4.78, 5) is 2.27. The van der Waals surface area contributed by atoms with Crippen LogP contribution in [-0.2, 0) is 11.3 Å². The fourth-order valence-corrected chi connectivity index (χ4v) is 1.99. The fourth-order valence-electron chi connectivity index (χ4n) is 1.57. The molecule has 0 aliphatic carbocycles. The van der Waals surface area contributed by atoms with Gasteiger partial charge in [-0.25, -0.2) is 0 Å². The van der Waals surface area contributed by atoms with Gasteiger partial charge in [0.2, 0.25) is 0 Å². The van der Waals surface area contributed by atoms with Gasteiger partial charge in [-0.2, -0.15) is 0 Å². The lowest BCUT2D eigenvalue weighted by Crippen LogP contribution is -2.27. The molecule has 1 rings (SSSR count). The van der Waals surface area contributed by atoms with Crippen molar-refractivity contribution in [2.45, 2.75) is 6.54 Å². The summed E-state index contributed by atoms with van der Waals surface area (Å²) >= 11 is 3.44. The smallest absolute Gasteiger partial charge is 0.0589 e. The van der Waals surface area contributed by atoms with Crippen molar-refractivity contribution < 1.29 is 4.74 Å². The Kier molecular flexibility index (Phi) is 6.26. The van der Waals surface area contributed by atoms with E-state index in [0.29, 0.717) is 0 Å². The molecule has 0 saturated heterocycles. The number of hydrogen-bond acceptors (Lipinski definition) is 3. The maximum absolute atomic E-state index is 5.76. The van der Waals surface area contributed by atoms with E-state index in [0.717, 1.165) is 36.4 Å². The maximum atomic E-state index is 5.76. The molecule has 3 nitrogen and oxygen atoms in total. The quantitative estimate of drug-likeness (QED) is 0.621. The van der Waals surface area contributed by atoms with Crippen LogP contribution in [0, 0.1) is 0 Å². The van der Waals surface area contributed by atoms with Crippen molar-refractivity contribution in [1.29, 1.82) is 0 Å². The van der Waals surface area contributed by atoms with Crippen molar-refractivity contribution in [2.24, 2.45) is 0 Å². The molecule has 0 saturated carbocycles. The van der Waals surface area contributed by atoms with Gasteiger partial charge in [0, 0.05) is 36.9 Å². The average molecular weight is 299 g/mol. The summed E-state index contributed by atoms with van der Waals surface area (Å²) in [5.74, 6) is 0. The third kappa shape index (κ3) is 4.89. The Hall–Kier alpha value is -0.840. The highest BCUT2D eigenvalue weighted by molar-refractivity contribution is 9.10. The van der Waals surface area contributed by atoms with Crippen LogP contribution < -0.4 is 5.73 Å². The lowest BCUT2D eigenvalue weighted by molar-refractivity contribution is 0.151. The highest BCUT2D eigenvalue weighted by Crippen LogP contribution is 2.21. The molecular formula is C13H19BrN2O. The molecule has 0 radical (unpaired) electrons. The Balaban J connectivity index is 2.64. The molecule has 0 spiro atoms. The van der Waals surface area contributed by atoms with E-state index in [4.69, 9.17) is 10.5 Å². The Morgan fingerprint density at radius 1 is 1.53 bits per heavy atom. The van der Waals surface area contributed by atoms with Crippen LogP contribution in [0.25, 0.3) is 0 Å². The van der Waals surface area contributed by atoms with E-state index in [2.05, 4.69) is 33.5 Å². The minimum Gasteiger partial charge on any atom is -0.398 e. The molecule has 0 aromatic heterocycles. The molecule has 94 valence electrons. The molecule has 1 aromatic carbocycles. The minimum atomic E-state index is 0.726. The number of benzene rings is 1. The van der Waals surface area contributed by atoms with E-state index >= 15 is 0 Å². The molecule has 4 heteroatoms. The zero-order valence-electron chi connectivity index (χ0n) is 10.2. The molecule has 17 heavy (non-hydrogen) atoms. The molecule has 0 atom stereocenters. The summed E-state index contributed by atoms with van der Waals surface area (Å²) in [6.07, 6.45) is 1.90. The summed E-state index contributed by atoms with van der Waals surface area (Å²) in [5.41, 5.74) is 7.75. The first-order chi connectivity index (χ1) is 8.17. The second kappa shape index (κ2) is 7.48. The molecule has 0 aliphatic rings. The standard InChI is InChI=1S/C13H19BrN2O/c1-3-6-16(7-8-17-2)10-11-4-5-13(15)12(14)9-11/h3-5,9H,1,6-8,10,15H2,2H3. The lowest BCUT2D eigenvalue weighted by Gasteiger charge is -2.20. The van der Waals surface area contributed by atoms with Gasteiger partial charge < -0.3 is 10.5 Å². The number of anilines is 1. The van der Waals surface area contributed by atoms with Crippen LogP contribution in [0.2, 0.25) is 0 Å². The van der Waals surface area contributed by atoms with Crippen molar-refractivity contribution in [3.8, 4) is 0 Å². The highest BCUT2D eigenvalue weighted by atomic mass is 79.9. The third-order valence-corrected chi connectivity index (χ3v) is 3.16. The van der Waals surface area contributed by atoms with Gasteiger partial charge in [-0.3, -0.25) is 4.90 Å². The van der Waals surface area contributed by atoms with E-state index < -0.39 is 0 Å². The number of hydrogen-bond donors (Lipinski definition) is 1. The summed E-state index contributed by atoms with van der Waals surface area (Å²) < 4.78 is 6.04. The number of methoxy groups -OCH3 is 1. The summed E-state index contributed by atoms with van der Waals surface area (Å²) in [7, 11) is 1.71. The Labute approximate surface area is 111 Å². The van der Waals surface area contributed by atoms with E-state index in [1.54, 1.807) is 7.11 Å². The maximum Gasteiger partial charge on any atom is 0.0589 e. The van der Waals surface area contributed by atoms with Gasteiger partial charge in [-0.1, -0.05) is 12.1 Å². The van der Waals surface area contributed by atoms with Gasteiger partial charge in [-0.05, 0) is 33.6 Å². The van der Waals surface area contributed by atoms with E-state index in [9.17, 15) is 0 Å². The molecule has 0 aliphatic heterocycles. The average Bonchev–Trinajstić information content (AvgIpc) is 2.31. The largest absolute Gasteiger partial charge is 0.398 e. The summed E-state index contributed by atoms with van der Waals surface area (Å²) in [5, 5.41) is 0. The second-order valence-corrected chi connectivity index (χ2v) is 4.73. The van der Waals surface area contributed by atoms with Crippen LogP contribution in [0.4, 0.5) is 5.69 Å². The van der Waals surface area contributed by atoms with Crippen molar-refractivity contribution in [1.82, 2.24) is 4.90 Å². The SMILES string of the molecule is C=CCN(CCOC)Cc1ccc(N)c(Br)c1. The molecule has 0 heterocycles. The Bertz CT molecular complexity index is 368. The molecule has 0 bridgehead atoms. The minimum absolute atomic E-state index is 0.726. The number of ether oxygens (including phenoxy) is 1. The van der Waals surface area contributed by atoms with Crippen LogP contribution in [-0.4, -0.2) is 31.7 Å². The van der Waals surface area contributed by atoms with Crippen LogP contribution in [0.1, 0.15) is 5.56 Å². The lowest BCUT2D eigenvalue weighted by atomic mass is 10.2. The zero-order valence-corrected chi connectivity index (χ0v) is 11.7. The van der Waals surface area contributed by atoms with Crippen molar-refractivity contribution >= 4 is 21.6 Å². The van der Waals surface area contributed by atoms with Gasteiger partial charge in [-0.15, -0.1) is 6.58 Å². The van der Waals surface area contributed by atoms with Crippen LogP contribution in [0.15, 0.2) is 35.3 Å². The van der Waals surface area contributed by atoms with Gasteiger partial charge in [0.1, 0.15) is 0 Å². The van der Waals surface area contributed by atoms with E-state index in [1.807, 2.05) is 18.2 Å². The Morgan fingerprint density at radius 3 is 2.88 bits per heavy atom. The predicted molar refractivity (Wildman–Crippen MR) is 75.9 cm³/mol. The molecule has 0 amide bonds. The number of nitrogens with two attached hydrogens (primary N) is 1. The first-order valence-electron chi connectivity index (χ1n) is 5.53. The number of halogens is 1. The molecule has 1 aromatic rings. The van der Waals surface area contributed by atoms with Crippen molar-refractivity contribution in [3.63, 3.8) is 0 Å². The number of nitrogens with zero attached hydrogens (tertiary/aromatic N) is 1. The summed E-state index contributed by atoms with van der Waals surface area (Å²) in [6, 6.07) is 6.02. The number of rotatable bonds is 7. The van der Waals surface area contributed by atoms with Crippen LogP contribution >= 0.6 is 15.9 Å². The van der Waals surface area contributed by atoms with E-state index in [1.165, 1.54) is 5.56 Å². The zero-order chi connectivity index (χ0) is 12.7. The molecule has 0 fully saturated rings. The monoisotopic (exact) mass is 298 g/mol. The van der Waals surface area contributed by atoms with Crippen LogP contribution in [0.3, 0.4) is 0 Å². The van der Waals surface area contributed by atoms with Gasteiger partial charge in [0.25, 0.3) is 0 Å². The first kappa shape index (κ1) is 14.2. The summed E-state index contributed by atoms with van der Waals surface area (Å²) in [6.45, 7) is 7.11. The first-order valence-corrected chi connectivity index (χ1v) is 6.32. The fraction of sp³-hybridized carbons (Fsp3) is 0.385. The van der Waals surface area contributed by atoms with Gasteiger partial charge in [0.15, 0.2) is 0 Å². The van der Waals surface area contributed by atoms with Crippen molar-refractivity contribution in [2.75, 3.05) is 32.5 Å².